The topological polar surface area (TPSA) is 47.6 Å². The van der Waals surface area contributed by atoms with E-state index in [-0.39, 0.29) is 23.7 Å². The maximum absolute atomic E-state index is 13.5. The van der Waals surface area contributed by atoms with Gasteiger partial charge in [0.25, 0.3) is 0 Å². The van der Waals surface area contributed by atoms with Crippen LogP contribution in [0.4, 0.5) is 4.39 Å². The summed E-state index contributed by atoms with van der Waals surface area (Å²) in [6.07, 6.45) is 1.68. The molecule has 5 heteroatoms. The van der Waals surface area contributed by atoms with Crippen LogP contribution in [0.25, 0.3) is 0 Å². The summed E-state index contributed by atoms with van der Waals surface area (Å²) in [5.41, 5.74) is 0.709. The molecule has 4 nitrogen and oxygen atoms in total. The SMILES string of the molecule is COc1ccc(CNC(=O)[C@@H]2CCCO[C@H]2C)cc1F. The number of methoxy groups -OCH3 is 1. The van der Waals surface area contributed by atoms with Crippen LogP contribution in [0, 0.1) is 11.7 Å². The summed E-state index contributed by atoms with van der Waals surface area (Å²) in [6, 6.07) is 4.67. The summed E-state index contributed by atoms with van der Waals surface area (Å²) in [7, 11) is 1.42. The summed E-state index contributed by atoms with van der Waals surface area (Å²) < 4.78 is 23.9. The van der Waals surface area contributed by atoms with E-state index in [0.717, 1.165) is 12.8 Å². The molecule has 1 heterocycles. The highest BCUT2D eigenvalue weighted by Gasteiger charge is 2.28. The molecule has 0 bridgehead atoms. The lowest BCUT2D eigenvalue weighted by Gasteiger charge is -2.28. The summed E-state index contributed by atoms with van der Waals surface area (Å²) in [6.45, 7) is 2.94. The van der Waals surface area contributed by atoms with Crippen LogP contribution in [0.5, 0.6) is 5.75 Å². The molecule has 1 aromatic rings. The second-order valence-corrected chi connectivity index (χ2v) is 5.01. The maximum Gasteiger partial charge on any atom is 0.225 e. The summed E-state index contributed by atoms with van der Waals surface area (Å²) >= 11 is 0. The van der Waals surface area contributed by atoms with Crippen molar-refractivity contribution in [2.24, 2.45) is 5.92 Å². The number of halogens is 1. The van der Waals surface area contributed by atoms with Crippen LogP contribution in [0.15, 0.2) is 18.2 Å². The highest BCUT2D eigenvalue weighted by Crippen LogP contribution is 2.21. The van der Waals surface area contributed by atoms with Crippen molar-refractivity contribution in [3.05, 3.63) is 29.6 Å². The molecule has 0 aromatic heterocycles. The molecule has 0 aliphatic carbocycles. The summed E-state index contributed by atoms with van der Waals surface area (Å²) in [5, 5.41) is 2.84. The Morgan fingerprint density at radius 3 is 3.00 bits per heavy atom. The van der Waals surface area contributed by atoms with Gasteiger partial charge in [0, 0.05) is 13.2 Å². The van der Waals surface area contributed by atoms with Gasteiger partial charge in [-0.15, -0.1) is 0 Å². The normalized spacial score (nSPS) is 22.4. The van der Waals surface area contributed by atoms with Gasteiger partial charge in [-0.05, 0) is 37.5 Å². The Morgan fingerprint density at radius 1 is 1.55 bits per heavy atom. The van der Waals surface area contributed by atoms with E-state index in [0.29, 0.717) is 18.7 Å². The molecule has 1 aromatic carbocycles. The molecule has 2 rings (SSSR count). The number of benzene rings is 1. The lowest BCUT2D eigenvalue weighted by atomic mass is 9.94. The minimum atomic E-state index is -0.423. The minimum Gasteiger partial charge on any atom is -0.494 e. The predicted octanol–water partition coefficient (Wildman–Crippen LogP) is 2.27. The van der Waals surface area contributed by atoms with Gasteiger partial charge in [-0.2, -0.15) is 0 Å². The largest absolute Gasteiger partial charge is 0.494 e. The van der Waals surface area contributed by atoms with Crippen LogP contribution in [0.2, 0.25) is 0 Å². The lowest BCUT2D eigenvalue weighted by molar-refractivity contribution is -0.133. The van der Waals surface area contributed by atoms with Crippen LogP contribution in [-0.2, 0) is 16.1 Å². The first-order valence-electron chi connectivity index (χ1n) is 6.83. The number of carbonyl (C=O) groups is 1. The van der Waals surface area contributed by atoms with Crippen molar-refractivity contribution in [3.63, 3.8) is 0 Å². The first-order chi connectivity index (χ1) is 9.61. The molecule has 1 aliphatic rings. The van der Waals surface area contributed by atoms with Crippen molar-refractivity contribution in [3.8, 4) is 5.75 Å². The molecule has 20 heavy (non-hydrogen) atoms. The van der Waals surface area contributed by atoms with Gasteiger partial charge in [0.2, 0.25) is 5.91 Å². The summed E-state index contributed by atoms with van der Waals surface area (Å²) in [4.78, 5) is 12.1. The molecular weight excluding hydrogens is 261 g/mol. The third-order valence-electron chi connectivity index (χ3n) is 3.63. The van der Waals surface area contributed by atoms with E-state index in [4.69, 9.17) is 9.47 Å². The third-order valence-corrected chi connectivity index (χ3v) is 3.63. The third kappa shape index (κ3) is 3.48. The predicted molar refractivity (Wildman–Crippen MR) is 72.9 cm³/mol. The highest BCUT2D eigenvalue weighted by molar-refractivity contribution is 5.79. The van der Waals surface area contributed by atoms with Crippen molar-refractivity contribution in [2.45, 2.75) is 32.4 Å². The Kier molecular flexibility index (Phi) is 4.95. The molecule has 2 atom stereocenters. The van der Waals surface area contributed by atoms with E-state index in [1.54, 1.807) is 12.1 Å². The number of nitrogens with one attached hydrogen (secondary N) is 1. The number of carbonyl (C=O) groups excluding carboxylic acids is 1. The quantitative estimate of drug-likeness (QED) is 0.921. The van der Waals surface area contributed by atoms with E-state index in [1.807, 2.05) is 6.92 Å². The van der Waals surface area contributed by atoms with Crippen LogP contribution in [0.1, 0.15) is 25.3 Å². The van der Waals surface area contributed by atoms with Crippen molar-refractivity contribution < 1.29 is 18.7 Å². The van der Waals surface area contributed by atoms with Crippen molar-refractivity contribution >= 4 is 5.91 Å². The van der Waals surface area contributed by atoms with E-state index in [1.165, 1.54) is 13.2 Å². The number of amides is 1. The standard InChI is InChI=1S/C15H20FNO3/c1-10-12(4-3-7-20-10)15(18)17-9-11-5-6-14(19-2)13(16)8-11/h5-6,8,10,12H,3-4,7,9H2,1-2H3,(H,17,18)/t10-,12+/m0/s1. The first kappa shape index (κ1) is 14.8. The van der Waals surface area contributed by atoms with Crippen LogP contribution in [0.3, 0.4) is 0 Å². The Bertz CT molecular complexity index is 478. The first-order valence-corrected chi connectivity index (χ1v) is 6.83. The van der Waals surface area contributed by atoms with Crippen molar-refractivity contribution in [2.75, 3.05) is 13.7 Å². The summed E-state index contributed by atoms with van der Waals surface area (Å²) in [5.74, 6) is -0.372. The van der Waals surface area contributed by atoms with Gasteiger partial charge in [0.1, 0.15) is 0 Å². The molecular formula is C15H20FNO3. The van der Waals surface area contributed by atoms with Gasteiger partial charge in [-0.25, -0.2) is 4.39 Å². The second kappa shape index (κ2) is 6.70. The van der Waals surface area contributed by atoms with Gasteiger partial charge in [0.05, 0.1) is 19.1 Å². The molecule has 0 saturated carbocycles. The Morgan fingerprint density at radius 2 is 2.35 bits per heavy atom. The molecule has 0 radical (unpaired) electrons. The highest BCUT2D eigenvalue weighted by atomic mass is 19.1. The smallest absolute Gasteiger partial charge is 0.225 e. The average Bonchev–Trinajstić information content (AvgIpc) is 2.45. The fourth-order valence-corrected chi connectivity index (χ4v) is 2.41. The fraction of sp³-hybridized carbons (Fsp3) is 0.533. The molecule has 1 aliphatic heterocycles. The van der Waals surface area contributed by atoms with Gasteiger partial charge < -0.3 is 14.8 Å². The van der Waals surface area contributed by atoms with E-state index >= 15 is 0 Å². The van der Waals surface area contributed by atoms with Gasteiger partial charge in [-0.3, -0.25) is 4.79 Å². The molecule has 1 fully saturated rings. The zero-order valence-electron chi connectivity index (χ0n) is 11.8. The monoisotopic (exact) mass is 281 g/mol. The number of ether oxygens (including phenoxy) is 2. The maximum atomic E-state index is 13.5. The fourth-order valence-electron chi connectivity index (χ4n) is 2.41. The Balaban J connectivity index is 1.91. The van der Waals surface area contributed by atoms with Crippen molar-refractivity contribution in [1.82, 2.24) is 5.32 Å². The zero-order valence-corrected chi connectivity index (χ0v) is 11.8. The molecule has 0 unspecified atom stereocenters. The van der Waals surface area contributed by atoms with Gasteiger partial charge in [0.15, 0.2) is 11.6 Å². The van der Waals surface area contributed by atoms with Crippen molar-refractivity contribution in [1.29, 1.82) is 0 Å². The number of hydrogen-bond donors (Lipinski definition) is 1. The molecule has 1 saturated heterocycles. The minimum absolute atomic E-state index is 0.0339. The molecule has 1 N–H and O–H groups in total. The van der Waals surface area contributed by atoms with E-state index < -0.39 is 5.82 Å². The Labute approximate surface area is 118 Å². The van der Waals surface area contributed by atoms with Crippen LogP contribution in [-0.4, -0.2) is 25.7 Å². The van der Waals surface area contributed by atoms with E-state index in [2.05, 4.69) is 5.32 Å². The van der Waals surface area contributed by atoms with Crippen LogP contribution < -0.4 is 10.1 Å². The van der Waals surface area contributed by atoms with Crippen LogP contribution >= 0.6 is 0 Å². The second-order valence-electron chi connectivity index (χ2n) is 5.01. The lowest BCUT2D eigenvalue weighted by Crippen LogP contribution is -2.39. The number of rotatable bonds is 4. The average molecular weight is 281 g/mol. The van der Waals surface area contributed by atoms with Gasteiger partial charge >= 0.3 is 0 Å². The number of hydrogen-bond acceptors (Lipinski definition) is 3. The molecule has 1 amide bonds. The Hall–Kier alpha value is -1.62. The molecule has 0 spiro atoms. The van der Waals surface area contributed by atoms with E-state index in [9.17, 15) is 9.18 Å². The zero-order chi connectivity index (χ0) is 14.5. The molecule has 110 valence electrons. The van der Waals surface area contributed by atoms with Gasteiger partial charge in [-0.1, -0.05) is 6.07 Å².